The fourth-order valence-electron chi connectivity index (χ4n) is 9.93. The summed E-state index contributed by atoms with van der Waals surface area (Å²) in [6, 6.07) is 105. The van der Waals surface area contributed by atoms with Gasteiger partial charge in [0.2, 0.25) is 0 Å². The first-order chi connectivity index (χ1) is 37.5. The Balaban J connectivity index is 0.869. The van der Waals surface area contributed by atoms with Gasteiger partial charge in [0.15, 0.2) is 0 Å². The largest absolute Gasteiger partial charge is 0.311 e. The third kappa shape index (κ3) is 10.2. The Bertz CT molecular complexity index is 3450. The molecule has 2 heterocycles. The summed E-state index contributed by atoms with van der Waals surface area (Å²) in [5.74, 6) is 0. The highest BCUT2D eigenvalue weighted by molar-refractivity contribution is 7.15. The minimum atomic E-state index is 1.07. The first-order valence-electron chi connectivity index (χ1n) is 25.6. The summed E-state index contributed by atoms with van der Waals surface area (Å²) in [4.78, 5) is 14.5. The van der Waals surface area contributed by atoms with Gasteiger partial charge in [-0.1, -0.05) is 121 Å². The molecule has 0 aliphatic carbocycles. The van der Waals surface area contributed by atoms with E-state index in [1.54, 1.807) is 0 Å². The summed E-state index contributed by atoms with van der Waals surface area (Å²) in [7, 11) is 0. The Labute approximate surface area is 454 Å². The van der Waals surface area contributed by atoms with Crippen molar-refractivity contribution in [2.45, 2.75) is 13.8 Å². The smallest absolute Gasteiger partial charge is 0.0463 e. The standard InChI is InChI=1S/C70H54N4S2/c1-51-23-49-69(75-51)55-29-37-63(38-30-55)73(67-45-41-65(42-46-67)71(57-15-7-3-8-16-57)58-17-9-4-10-18-58)61-33-25-53(26-34-61)54-27-35-62(36-28-54)74(64-39-31-56(32-40-64)70-50-24-52(2)76-70)68-47-43-66(44-48-68)72(59-19-11-5-12-20-59)60-21-13-6-14-22-60/h3-50H,1-2H3. The van der Waals surface area contributed by atoms with Crippen molar-refractivity contribution in [2.75, 3.05) is 19.6 Å². The van der Waals surface area contributed by atoms with Gasteiger partial charge in [0.25, 0.3) is 0 Å². The lowest BCUT2D eigenvalue weighted by atomic mass is 10.0. The highest BCUT2D eigenvalue weighted by Crippen LogP contribution is 2.43. The Morgan fingerprint density at radius 3 is 0.566 bits per heavy atom. The van der Waals surface area contributed by atoms with Gasteiger partial charge >= 0.3 is 0 Å². The van der Waals surface area contributed by atoms with Crippen molar-refractivity contribution in [3.8, 4) is 32.0 Å². The number of anilines is 12. The van der Waals surface area contributed by atoms with Gasteiger partial charge in [-0.15, -0.1) is 22.7 Å². The molecule has 0 unspecified atom stereocenters. The van der Waals surface area contributed by atoms with Gasteiger partial charge in [-0.25, -0.2) is 0 Å². The molecule has 2 aromatic heterocycles. The van der Waals surface area contributed by atoms with E-state index in [0.29, 0.717) is 0 Å². The average Bonchev–Trinajstić information content (AvgIpc) is 4.15. The molecule has 0 aliphatic heterocycles. The normalized spacial score (nSPS) is 11.0. The summed E-state index contributed by atoms with van der Waals surface area (Å²) in [6.07, 6.45) is 0. The van der Waals surface area contributed by atoms with Crippen molar-refractivity contribution in [1.82, 2.24) is 0 Å². The number of para-hydroxylation sites is 4. The predicted octanol–water partition coefficient (Wildman–Crippen LogP) is 21.3. The van der Waals surface area contributed by atoms with Gasteiger partial charge < -0.3 is 19.6 Å². The fraction of sp³-hybridized carbons (Fsp3) is 0.0286. The van der Waals surface area contributed by atoms with Gasteiger partial charge in [-0.2, -0.15) is 0 Å². The van der Waals surface area contributed by atoms with Crippen LogP contribution < -0.4 is 19.6 Å². The van der Waals surface area contributed by atoms with Crippen LogP contribution in [0.3, 0.4) is 0 Å². The number of benzene rings is 10. The van der Waals surface area contributed by atoms with Gasteiger partial charge in [0, 0.05) is 87.8 Å². The Kier molecular flexibility index (Phi) is 13.7. The van der Waals surface area contributed by atoms with Crippen LogP contribution in [-0.2, 0) is 0 Å². The maximum Gasteiger partial charge on any atom is 0.0463 e. The molecule has 0 atom stereocenters. The van der Waals surface area contributed by atoms with Crippen molar-refractivity contribution in [2.24, 2.45) is 0 Å². The zero-order valence-corrected chi connectivity index (χ0v) is 44.0. The second kappa shape index (κ2) is 21.7. The number of hydrogen-bond acceptors (Lipinski definition) is 6. The summed E-state index contributed by atoms with van der Waals surface area (Å²) in [5, 5.41) is 0. The number of hydrogen-bond donors (Lipinski definition) is 0. The monoisotopic (exact) mass is 1010 g/mol. The van der Waals surface area contributed by atoms with E-state index in [-0.39, 0.29) is 0 Å². The SMILES string of the molecule is Cc1ccc(-c2ccc(N(c3ccc(-c4ccc(N(c5ccc(-c6ccc(C)s6)cc5)c5ccc(N(c6ccccc6)c6ccccc6)cc5)cc4)cc3)c3ccc(N(c4ccccc4)c4ccccc4)cc3)cc2)s1. The van der Waals surface area contributed by atoms with Gasteiger partial charge in [0.05, 0.1) is 0 Å². The first kappa shape index (κ1) is 47.8. The molecular weight excluding hydrogens is 961 g/mol. The molecule has 0 bridgehead atoms. The molecule has 4 nitrogen and oxygen atoms in total. The van der Waals surface area contributed by atoms with Crippen molar-refractivity contribution in [1.29, 1.82) is 0 Å². The third-order valence-corrected chi connectivity index (χ3v) is 15.8. The molecule has 0 aliphatic rings. The second-order valence-corrected chi connectivity index (χ2v) is 21.3. The van der Waals surface area contributed by atoms with Crippen LogP contribution >= 0.6 is 22.7 Å². The molecule has 12 rings (SSSR count). The maximum atomic E-state index is 2.35. The van der Waals surface area contributed by atoms with E-state index in [0.717, 1.165) is 79.4 Å². The molecule has 0 saturated carbocycles. The quantitative estimate of drug-likeness (QED) is 0.101. The molecule has 0 amide bonds. The van der Waals surface area contributed by atoms with Crippen LogP contribution in [0, 0.1) is 13.8 Å². The van der Waals surface area contributed by atoms with E-state index >= 15 is 0 Å². The molecule has 366 valence electrons. The molecule has 0 saturated heterocycles. The topological polar surface area (TPSA) is 13.0 Å². The molecule has 76 heavy (non-hydrogen) atoms. The summed E-state index contributed by atoms with van der Waals surface area (Å²) in [5.41, 5.74) is 17.8. The molecule has 6 heteroatoms. The fourth-order valence-corrected chi connectivity index (χ4v) is 11.7. The minimum absolute atomic E-state index is 1.07. The summed E-state index contributed by atoms with van der Waals surface area (Å²) < 4.78 is 0. The zero-order chi connectivity index (χ0) is 51.2. The van der Waals surface area contributed by atoms with Crippen LogP contribution in [0.4, 0.5) is 68.2 Å². The Morgan fingerprint density at radius 2 is 0.368 bits per heavy atom. The van der Waals surface area contributed by atoms with Crippen molar-refractivity contribution in [3.05, 3.63) is 301 Å². The van der Waals surface area contributed by atoms with Crippen molar-refractivity contribution in [3.63, 3.8) is 0 Å². The molecule has 0 spiro atoms. The van der Waals surface area contributed by atoms with E-state index in [9.17, 15) is 0 Å². The molecule has 0 fully saturated rings. The predicted molar refractivity (Wildman–Crippen MR) is 327 cm³/mol. The average molecular weight is 1020 g/mol. The number of rotatable bonds is 15. The Hall–Kier alpha value is -9.20. The Morgan fingerprint density at radius 1 is 0.184 bits per heavy atom. The molecule has 0 radical (unpaired) electrons. The third-order valence-electron chi connectivity index (χ3n) is 13.7. The van der Waals surface area contributed by atoms with Crippen LogP contribution in [-0.4, -0.2) is 0 Å². The molecule has 10 aromatic carbocycles. The second-order valence-electron chi connectivity index (χ2n) is 18.7. The van der Waals surface area contributed by atoms with Gasteiger partial charge in [-0.05, 0) is 206 Å². The van der Waals surface area contributed by atoms with E-state index in [1.807, 2.05) is 22.7 Å². The number of aryl methyl sites for hydroxylation is 2. The van der Waals surface area contributed by atoms with Crippen LogP contribution in [0.2, 0.25) is 0 Å². The van der Waals surface area contributed by atoms with E-state index < -0.39 is 0 Å². The van der Waals surface area contributed by atoms with Crippen molar-refractivity contribution >= 4 is 90.9 Å². The van der Waals surface area contributed by atoms with E-state index in [1.165, 1.54) is 30.6 Å². The first-order valence-corrected chi connectivity index (χ1v) is 27.3. The van der Waals surface area contributed by atoms with Crippen LogP contribution in [0.1, 0.15) is 9.75 Å². The van der Waals surface area contributed by atoms with Crippen LogP contribution in [0.15, 0.2) is 291 Å². The van der Waals surface area contributed by atoms with Crippen LogP contribution in [0.5, 0.6) is 0 Å². The van der Waals surface area contributed by atoms with Gasteiger partial charge in [0.1, 0.15) is 0 Å². The minimum Gasteiger partial charge on any atom is -0.311 e. The lowest BCUT2D eigenvalue weighted by Crippen LogP contribution is -2.12. The lowest BCUT2D eigenvalue weighted by Gasteiger charge is -2.29. The molecule has 0 N–H and O–H groups in total. The van der Waals surface area contributed by atoms with E-state index in [2.05, 4.69) is 325 Å². The highest BCUT2D eigenvalue weighted by atomic mass is 32.1. The number of thiophene rings is 2. The number of nitrogens with zero attached hydrogens (tertiary/aromatic N) is 4. The lowest BCUT2D eigenvalue weighted by molar-refractivity contribution is 1.25. The van der Waals surface area contributed by atoms with Crippen molar-refractivity contribution < 1.29 is 0 Å². The summed E-state index contributed by atoms with van der Waals surface area (Å²) >= 11 is 3.65. The zero-order valence-electron chi connectivity index (χ0n) is 42.3. The maximum absolute atomic E-state index is 2.35. The molecule has 12 aromatic rings. The van der Waals surface area contributed by atoms with Crippen LogP contribution in [0.25, 0.3) is 32.0 Å². The summed E-state index contributed by atoms with van der Waals surface area (Å²) in [6.45, 7) is 4.33. The van der Waals surface area contributed by atoms with Gasteiger partial charge in [-0.3, -0.25) is 0 Å². The molecular formula is C70H54N4S2. The van der Waals surface area contributed by atoms with E-state index in [4.69, 9.17) is 0 Å². The highest BCUT2D eigenvalue weighted by Gasteiger charge is 2.19.